The number of carbonyl (C=O) groups excluding carboxylic acids is 1. The minimum absolute atomic E-state index is 0.194. The van der Waals surface area contributed by atoms with E-state index in [1.165, 1.54) is 25.7 Å². The molecule has 1 N–H and O–H groups in total. The van der Waals surface area contributed by atoms with Gasteiger partial charge in [0.15, 0.2) is 5.78 Å². The van der Waals surface area contributed by atoms with Crippen molar-refractivity contribution in [3.8, 4) is 0 Å². The number of carbonyl (C=O) groups is 1. The van der Waals surface area contributed by atoms with E-state index in [9.17, 15) is 4.79 Å². The standard InChI is InChI=1S/C12H19N3O/c1-13-9-12(16)8-10-6-7-15(14-10)11-4-2-3-5-11/h6-7,11,13H,2-5,8-9H2,1H3. The zero-order valence-corrected chi connectivity index (χ0v) is 9.78. The van der Waals surface area contributed by atoms with Crippen LogP contribution in [0.15, 0.2) is 12.3 Å². The smallest absolute Gasteiger partial charge is 0.152 e. The Hall–Kier alpha value is -1.16. The normalized spacial score (nSPS) is 16.8. The lowest BCUT2D eigenvalue weighted by molar-refractivity contribution is -0.117. The first-order valence-electron chi connectivity index (χ1n) is 6.00. The molecule has 4 nitrogen and oxygen atoms in total. The first kappa shape index (κ1) is 11.3. The number of ketones is 1. The summed E-state index contributed by atoms with van der Waals surface area (Å²) in [5.74, 6) is 0.194. The lowest BCUT2D eigenvalue weighted by atomic mass is 10.2. The van der Waals surface area contributed by atoms with E-state index in [1.807, 2.05) is 16.9 Å². The maximum absolute atomic E-state index is 11.4. The summed E-state index contributed by atoms with van der Waals surface area (Å²) in [6, 6.07) is 2.53. The van der Waals surface area contributed by atoms with E-state index in [-0.39, 0.29) is 5.78 Å². The molecule has 0 amide bonds. The van der Waals surface area contributed by atoms with Crippen molar-refractivity contribution in [3.63, 3.8) is 0 Å². The zero-order chi connectivity index (χ0) is 11.4. The monoisotopic (exact) mass is 221 g/mol. The van der Waals surface area contributed by atoms with Gasteiger partial charge in [0, 0.05) is 6.20 Å². The van der Waals surface area contributed by atoms with Crippen LogP contribution in [-0.4, -0.2) is 29.2 Å². The van der Waals surface area contributed by atoms with Crippen LogP contribution in [0, 0.1) is 0 Å². The molecule has 1 saturated carbocycles. The third-order valence-corrected chi connectivity index (χ3v) is 3.11. The van der Waals surface area contributed by atoms with E-state index in [1.54, 1.807) is 7.05 Å². The van der Waals surface area contributed by atoms with Gasteiger partial charge >= 0.3 is 0 Å². The lowest BCUT2D eigenvalue weighted by Crippen LogP contribution is -2.20. The Kier molecular flexibility index (Phi) is 3.72. The molecule has 2 rings (SSSR count). The molecule has 88 valence electrons. The molecule has 0 aromatic carbocycles. The molecule has 1 heterocycles. The SMILES string of the molecule is CNCC(=O)Cc1ccn(C2CCCC2)n1. The average molecular weight is 221 g/mol. The minimum atomic E-state index is 0.194. The maximum atomic E-state index is 11.4. The van der Waals surface area contributed by atoms with Crippen LogP contribution in [0.2, 0.25) is 0 Å². The van der Waals surface area contributed by atoms with Gasteiger partial charge in [-0.25, -0.2) is 0 Å². The third kappa shape index (κ3) is 2.70. The summed E-state index contributed by atoms with van der Waals surface area (Å²) in [7, 11) is 1.79. The fraction of sp³-hybridized carbons (Fsp3) is 0.667. The van der Waals surface area contributed by atoms with E-state index >= 15 is 0 Å². The number of rotatable bonds is 5. The molecule has 1 aromatic rings. The minimum Gasteiger partial charge on any atom is -0.313 e. The van der Waals surface area contributed by atoms with Gasteiger partial charge in [-0.05, 0) is 26.0 Å². The Labute approximate surface area is 96.0 Å². The fourth-order valence-corrected chi connectivity index (χ4v) is 2.31. The first-order valence-corrected chi connectivity index (χ1v) is 6.00. The highest BCUT2D eigenvalue weighted by atomic mass is 16.1. The predicted octanol–water partition coefficient (Wildman–Crippen LogP) is 1.33. The van der Waals surface area contributed by atoms with Gasteiger partial charge < -0.3 is 5.32 Å². The van der Waals surface area contributed by atoms with E-state index < -0.39 is 0 Å². The van der Waals surface area contributed by atoms with E-state index in [0.717, 1.165) is 5.69 Å². The molecule has 1 aliphatic rings. The Bertz CT molecular complexity index is 353. The molecule has 1 aromatic heterocycles. The van der Waals surface area contributed by atoms with Crippen LogP contribution >= 0.6 is 0 Å². The molecular formula is C12H19N3O. The van der Waals surface area contributed by atoms with Crippen molar-refractivity contribution in [2.24, 2.45) is 0 Å². The van der Waals surface area contributed by atoms with Crippen LogP contribution < -0.4 is 5.32 Å². The van der Waals surface area contributed by atoms with E-state index in [4.69, 9.17) is 0 Å². The number of hydrogen-bond acceptors (Lipinski definition) is 3. The summed E-state index contributed by atoms with van der Waals surface area (Å²) < 4.78 is 2.04. The van der Waals surface area contributed by atoms with Crippen molar-refractivity contribution in [2.45, 2.75) is 38.1 Å². The Morgan fingerprint density at radius 2 is 2.31 bits per heavy atom. The number of likely N-dealkylation sites (N-methyl/N-ethyl adjacent to an activating group) is 1. The summed E-state index contributed by atoms with van der Waals surface area (Å²) in [5.41, 5.74) is 0.896. The van der Waals surface area contributed by atoms with Gasteiger partial charge in [0.2, 0.25) is 0 Å². The van der Waals surface area contributed by atoms with Gasteiger partial charge in [-0.1, -0.05) is 12.8 Å². The van der Waals surface area contributed by atoms with E-state index in [0.29, 0.717) is 19.0 Å². The Morgan fingerprint density at radius 3 is 3.00 bits per heavy atom. The van der Waals surface area contributed by atoms with Gasteiger partial charge in [0.05, 0.1) is 24.7 Å². The molecule has 0 saturated heterocycles. The van der Waals surface area contributed by atoms with Crippen molar-refractivity contribution in [1.29, 1.82) is 0 Å². The highest BCUT2D eigenvalue weighted by Gasteiger charge is 2.17. The highest BCUT2D eigenvalue weighted by Crippen LogP contribution is 2.28. The second kappa shape index (κ2) is 5.25. The highest BCUT2D eigenvalue weighted by molar-refractivity contribution is 5.82. The van der Waals surface area contributed by atoms with Crippen molar-refractivity contribution < 1.29 is 4.79 Å². The maximum Gasteiger partial charge on any atom is 0.152 e. The average Bonchev–Trinajstić information content (AvgIpc) is 2.86. The largest absolute Gasteiger partial charge is 0.313 e. The number of nitrogens with zero attached hydrogens (tertiary/aromatic N) is 2. The predicted molar refractivity (Wildman–Crippen MR) is 62.4 cm³/mol. The van der Waals surface area contributed by atoms with Crippen molar-refractivity contribution >= 4 is 5.78 Å². The van der Waals surface area contributed by atoms with Crippen LogP contribution in [0.3, 0.4) is 0 Å². The summed E-state index contributed by atoms with van der Waals surface area (Å²) >= 11 is 0. The Balaban J connectivity index is 1.93. The van der Waals surface area contributed by atoms with Crippen molar-refractivity contribution in [1.82, 2.24) is 15.1 Å². The molecule has 4 heteroatoms. The molecule has 0 radical (unpaired) electrons. The van der Waals surface area contributed by atoms with Crippen molar-refractivity contribution in [2.75, 3.05) is 13.6 Å². The Morgan fingerprint density at radius 1 is 1.56 bits per heavy atom. The number of nitrogens with one attached hydrogen (secondary N) is 1. The van der Waals surface area contributed by atoms with Crippen LogP contribution in [-0.2, 0) is 11.2 Å². The summed E-state index contributed by atoms with van der Waals surface area (Å²) in [6.45, 7) is 0.427. The topological polar surface area (TPSA) is 46.9 Å². The number of Topliss-reactive ketones (excluding diaryl/α,β-unsaturated/α-hetero) is 1. The van der Waals surface area contributed by atoms with Crippen LogP contribution in [0.4, 0.5) is 0 Å². The molecule has 1 aliphatic carbocycles. The van der Waals surface area contributed by atoms with Crippen LogP contribution in [0.1, 0.15) is 37.4 Å². The first-order chi connectivity index (χ1) is 7.79. The van der Waals surface area contributed by atoms with Gasteiger partial charge in [-0.15, -0.1) is 0 Å². The second-order valence-corrected chi connectivity index (χ2v) is 4.47. The molecule has 0 aliphatic heterocycles. The van der Waals surface area contributed by atoms with Crippen molar-refractivity contribution in [3.05, 3.63) is 18.0 Å². The fourth-order valence-electron chi connectivity index (χ4n) is 2.31. The summed E-state index contributed by atoms with van der Waals surface area (Å²) in [4.78, 5) is 11.4. The van der Waals surface area contributed by atoms with E-state index in [2.05, 4.69) is 10.4 Å². The third-order valence-electron chi connectivity index (χ3n) is 3.11. The number of aromatic nitrogens is 2. The van der Waals surface area contributed by atoms with Crippen LogP contribution in [0.5, 0.6) is 0 Å². The van der Waals surface area contributed by atoms with Crippen LogP contribution in [0.25, 0.3) is 0 Å². The second-order valence-electron chi connectivity index (χ2n) is 4.47. The molecule has 0 spiro atoms. The molecule has 16 heavy (non-hydrogen) atoms. The molecular weight excluding hydrogens is 202 g/mol. The van der Waals surface area contributed by atoms with Gasteiger partial charge in [-0.3, -0.25) is 9.48 Å². The lowest BCUT2D eigenvalue weighted by Gasteiger charge is -2.08. The summed E-state index contributed by atoms with van der Waals surface area (Å²) in [6.07, 6.45) is 7.52. The summed E-state index contributed by atoms with van der Waals surface area (Å²) in [5, 5.41) is 7.35. The van der Waals surface area contributed by atoms with Gasteiger partial charge in [-0.2, -0.15) is 5.10 Å². The van der Waals surface area contributed by atoms with Gasteiger partial charge in [0.1, 0.15) is 0 Å². The molecule has 0 atom stereocenters. The van der Waals surface area contributed by atoms with Gasteiger partial charge in [0.25, 0.3) is 0 Å². The molecule has 1 fully saturated rings. The molecule has 0 bridgehead atoms. The quantitative estimate of drug-likeness (QED) is 0.816. The zero-order valence-electron chi connectivity index (χ0n) is 9.78. The molecule has 0 unspecified atom stereocenters. The number of hydrogen-bond donors (Lipinski definition) is 1.